The molecule has 2 heterocycles. The van der Waals surface area contributed by atoms with Gasteiger partial charge in [-0.05, 0) is 36.8 Å². The van der Waals surface area contributed by atoms with Gasteiger partial charge in [0.1, 0.15) is 0 Å². The van der Waals surface area contributed by atoms with Crippen LogP contribution in [0.25, 0.3) is 27.5 Å². The second-order valence-electron chi connectivity index (χ2n) is 8.47. The molecule has 0 radical (unpaired) electrons. The Bertz CT molecular complexity index is 1540. The van der Waals surface area contributed by atoms with E-state index in [-0.39, 0.29) is 0 Å². The third-order valence-corrected chi connectivity index (χ3v) is 7.14. The standard InChI is InChI=1S/C29H24N4S/c1-21-10-9-11-22(18-21)20-34-29-31-30-28(33(29)23-12-3-2-4-13-23)19-32-26-16-7-5-14-24(26)25-15-6-8-17-27(25)32/h2-18H,19-20H2,1H3. The van der Waals surface area contributed by atoms with E-state index in [0.717, 1.165) is 22.4 Å². The Labute approximate surface area is 202 Å². The molecule has 0 fully saturated rings. The van der Waals surface area contributed by atoms with E-state index in [2.05, 4.69) is 123 Å². The van der Waals surface area contributed by atoms with Crippen LogP contribution in [0.5, 0.6) is 0 Å². The van der Waals surface area contributed by atoms with Crippen molar-refractivity contribution < 1.29 is 0 Å². The summed E-state index contributed by atoms with van der Waals surface area (Å²) in [6.07, 6.45) is 0. The van der Waals surface area contributed by atoms with Gasteiger partial charge in [-0.1, -0.05) is 96.2 Å². The Balaban J connectivity index is 1.43. The van der Waals surface area contributed by atoms with Crippen LogP contribution in [0.4, 0.5) is 0 Å². The SMILES string of the molecule is Cc1cccc(CSc2nnc(Cn3c4ccccc4c4ccccc43)n2-c2ccccc2)c1. The quantitative estimate of drug-likeness (QED) is 0.250. The Kier molecular flexibility index (Phi) is 5.40. The van der Waals surface area contributed by atoms with Gasteiger partial charge in [0.15, 0.2) is 11.0 Å². The van der Waals surface area contributed by atoms with Gasteiger partial charge in [0.2, 0.25) is 0 Å². The molecule has 6 aromatic rings. The van der Waals surface area contributed by atoms with Crippen molar-refractivity contribution in [1.82, 2.24) is 19.3 Å². The van der Waals surface area contributed by atoms with Crippen LogP contribution in [0.1, 0.15) is 17.0 Å². The van der Waals surface area contributed by atoms with Crippen LogP contribution in [0.2, 0.25) is 0 Å². The largest absolute Gasteiger partial charge is 0.333 e. The minimum atomic E-state index is 0.640. The predicted molar refractivity (Wildman–Crippen MR) is 141 cm³/mol. The predicted octanol–water partition coefficient (Wildman–Crippen LogP) is 7.02. The minimum absolute atomic E-state index is 0.640. The molecule has 0 aliphatic rings. The molecule has 5 heteroatoms. The minimum Gasteiger partial charge on any atom is -0.333 e. The summed E-state index contributed by atoms with van der Waals surface area (Å²) in [7, 11) is 0. The zero-order valence-corrected chi connectivity index (χ0v) is 19.7. The van der Waals surface area contributed by atoms with Crippen LogP contribution >= 0.6 is 11.8 Å². The first-order valence-electron chi connectivity index (χ1n) is 11.4. The molecule has 0 aliphatic carbocycles. The van der Waals surface area contributed by atoms with Crippen LogP contribution in [0.15, 0.2) is 108 Å². The summed E-state index contributed by atoms with van der Waals surface area (Å²) in [4.78, 5) is 0. The number of rotatable bonds is 6. The third-order valence-electron chi connectivity index (χ3n) is 6.14. The van der Waals surface area contributed by atoms with E-state index >= 15 is 0 Å². The molecule has 0 amide bonds. The fourth-order valence-corrected chi connectivity index (χ4v) is 5.51. The molecule has 0 atom stereocenters. The average Bonchev–Trinajstić information content (AvgIpc) is 3.43. The Morgan fingerprint density at radius 2 is 1.38 bits per heavy atom. The maximum absolute atomic E-state index is 4.68. The summed E-state index contributed by atoms with van der Waals surface area (Å²) in [5.41, 5.74) is 6.06. The average molecular weight is 461 g/mol. The molecule has 166 valence electrons. The number of aryl methyl sites for hydroxylation is 1. The van der Waals surface area contributed by atoms with Crippen molar-refractivity contribution in [2.75, 3.05) is 0 Å². The first-order valence-corrected chi connectivity index (χ1v) is 12.4. The Morgan fingerprint density at radius 3 is 2.09 bits per heavy atom. The van der Waals surface area contributed by atoms with Gasteiger partial charge in [-0.25, -0.2) is 0 Å². The molecule has 34 heavy (non-hydrogen) atoms. The van der Waals surface area contributed by atoms with Gasteiger partial charge >= 0.3 is 0 Å². The molecule has 0 aliphatic heterocycles. The van der Waals surface area contributed by atoms with Crippen LogP contribution in [-0.2, 0) is 12.3 Å². The number of thioether (sulfide) groups is 1. The van der Waals surface area contributed by atoms with Gasteiger partial charge in [0, 0.05) is 33.2 Å². The van der Waals surface area contributed by atoms with E-state index in [4.69, 9.17) is 0 Å². The number of hydrogen-bond donors (Lipinski definition) is 0. The van der Waals surface area contributed by atoms with Crippen molar-refractivity contribution in [2.24, 2.45) is 0 Å². The summed E-state index contributed by atoms with van der Waals surface area (Å²) in [5, 5.41) is 12.7. The van der Waals surface area contributed by atoms with Crippen LogP contribution in [-0.4, -0.2) is 19.3 Å². The number of nitrogens with zero attached hydrogens (tertiary/aromatic N) is 4. The third kappa shape index (κ3) is 3.78. The summed E-state index contributed by atoms with van der Waals surface area (Å²) in [6.45, 7) is 2.77. The molecule has 6 rings (SSSR count). The molecule has 0 spiro atoms. The zero-order chi connectivity index (χ0) is 22.9. The lowest BCUT2D eigenvalue weighted by atomic mass is 10.2. The molecule has 0 saturated carbocycles. The molecule has 2 aromatic heterocycles. The number of fused-ring (bicyclic) bond motifs is 3. The zero-order valence-electron chi connectivity index (χ0n) is 18.9. The first kappa shape index (κ1) is 20.8. The molecule has 4 aromatic carbocycles. The second kappa shape index (κ2) is 8.84. The van der Waals surface area contributed by atoms with E-state index in [1.807, 2.05) is 6.07 Å². The smallest absolute Gasteiger partial charge is 0.196 e. The summed E-state index contributed by atoms with van der Waals surface area (Å²) in [6, 6.07) is 36.2. The monoisotopic (exact) mass is 460 g/mol. The van der Waals surface area contributed by atoms with Crippen LogP contribution in [0.3, 0.4) is 0 Å². The van der Waals surface area contributed by atoms with Crippen molar-refractivity contribution in [3.63, 3.8) is 0 Å². The van der Waals surface area contributed by atoms with E-state index in [1.165, 1.54) is 32.9 Å². The highest BCUT2D eigenvalue weighted by atomic mass is 32.2. The van der Waals surface area contributed by atoms with Crippen LogP contribution in [0, 0.1) is 6.92 Å². The Morgan fingerprint density at radius 1 is 0.706 bits per heavy atom. The van der Waals surface area contributed by atoms with Crippen molar-refractivity contribution >= 4 is 33.6 Å². The molecule has 0 N–H and O–H groups in total. The molecular weight excluding hydrogens is 436 g/mol. The maximum Gasteiger partial charge on any atom is 0.196 e. The van der Waals surface area contributed by atoms with E-state index < -0.39 is 0 Å². The lowest BCUT2D eigenvalue weighted by molar-refractivity contribution is 0.754. The number of para-hydroxylation sites is 3. The highest BCUT2D eigenvalue weighted by molar-refractivity contribution is 7.98. The summed E-state index contributed by atoms with van der Waals surface area (Å²) < 4.78 is 4.55. The molecule has 0 bridgehead atoms. The summed E-state index contributed by atoms with van der Waals surface area (Å²) in [5.74, 6) is 1.77. The van der Waals surface area contributed by atoms with Crippen molar-refractivity contribution in [1.29, 1.82) is 0 Å². The topological polar surface area (TPSA) is 35.6 Å². The van der Waals surface area contributed by atoms with E-state index in [9.17, 15) is 0 Å². The van der Waals surface area contributed by atoms with Crippen LogP contribution < -0.4 is 0 Å². The number of aromatic nitrogens is 4. The number of benzene rings is 4. The molecule has 0 saturated heterocycles. The van der Waals surface area contributed by atoms with Gasteiger partial charge in [0.05, 0.1) is 6.54 Å². The highest BCUT2D eigenvalue weighted by Gasteiger charge is 2.18. The lowest BCUT2D eigenvalue weighted by Crippen LogP contribution is -2.08. The Hall–Kier alpha value is -3.83. The number of hydrogen-bond acceptors (Lipinski definition) is 3. The molecule has 4 nitrogen and oxygen atoms in total. The van der Waals surface area contributed by atoms with Gasteiger partial charge in [-0.2, -0.15) is 0 Å². The van der Waals surface area contributed by atoms with E-state index in [1.54, 1.807) is 11.8 Å². The maximum atomic E-state index is 4.68. The first-order chi connectivity index (χ1) is 16.8. The van der Waals surface area contributed by atoms with Crippen molar-refractivity contribution in [3.8, 4) is 5.69 Å². The van der Waals surface area contributed by atoms with E-state index in [0.29, 0.717) is 6.54 Å². The second-order valence-corrected chi connectivity index (χ2v) is 9.41. The van der Waals surface area contributed by atoms with Gasteiger partial charge in [0.25, 0.3) is 0 Å². The van der Waals surface area contributed by atoms with Gasteiger partial charge in [-0.3, -0.25) is 4.57 Å². The normalized spacial score (nSPS) is 11.4. The van der Waals surface area contributed by atoms with Gasteiger partial charge in [-0.15, -0.1) is 10.2 Å². The lowest BCUT2D eigenvalue weighted by Gasteiger charge is -2.12. The fourth-order valence-electron chi connectivity index (χ4n) is 4.60. The molecule has 0 unspecified atom stereocenters. The highest BCUT2D eigenvalue weighted by Crippen LogP contribution is 2.31. The van der Waals surface area contributed by atoms with Crippen molar-refractivity contribution in [3.05, 3.63) is 120 Å². The van der Waals surface area contributed by atoms with Crippen molar-refractivity contribution in [2.45, 2.75) is 24.4 Å². The fraction of sp³-hybridized carbons (Fsp3) is 0.103. The van der Waals surface area contributed by atoms with Gasteiger partial charge < -0.3 is 4.57 Å². The molecular formula is C29H24N4S. The summed E-state index contributed by atoms with van der Waals surface area (Å²) >= 11 is 1.72.